The summed E-state index contributed by atoms with van der Waals surface area (Å²) in [4.78, 5) is 12.2. The molecule has 0 aliphatic heterocycles. The summed E-state index contributed by atoms with van der Waals surface area (Å²) in [5.74, 6) is -0.0425. The van der Waals surface area contributed by atoms with Gasteiger partial charge in [-0.2, -0.15) is 13.2 Å². The van der Waals surface area contributed by atoms with Gasteiger partial charge in [-0.1, -0.05) is 6.07 Å². The number of carbonyl (C=O) groups excluding carboxylic acids is 1. The van der Waals surface area contributed by atoms with Gasteiger partial charge in [0.2, 0.25) is 0 Å². The number of hydrogen-bond donors (Lipinski definition) is 2. The number of nitrogens with one attached hydrogen (secondary N) is 2. The zero-order valence-corrected chi connectivity index (χ0v) is 16.5. The maximum absolute atomic E-state index is 13.1. The minimum atomic E-state index is -4.55. The maximum atomic E-state index is 13.1. The van der Waals surface area contributed by atoms with Crippen molar-refractivity contribution >= 4 is 51.5 Å². The van der Waals surface area contributed by atoms with E-state index in [4.69, 9.17) is 17.0 Å². The first-order valence-electron chi connectivity index (χ1n) is 7.42. The Labute approximate surface area is 167 Å². The fraction of sp³-hybridized carbons (Fsp3) is 0.176. The summed E-state index contributed by atoms with van der Waals surface area (Å²) in [6, 6.07) is 10.2. The van der Waals surface area contributed by atoms with Crippen LogP contribution in [0.3, 0.4) is 0 Å². The number of hydrogen-bond acceptors (Lipinski definition) is 3. The van der Waals surface area contributed by atoms with Crippen LogP contribution in [0.1, 0.15) is 22.8 Å². The van der Waals surface area contributed by atoms with E-state index in [1.165, 1.54) is 18.2 Å². The molecule has 1 amide bonds. The second-order valence-corrected chi connectivity index (χ2v) is 6.71. The van der Waals surface area contributed by atoms with E-state index < -0.39 is 17.6 Å². The number of thiocarbonyl (C=S) groups is 1. The van der Waals surface area contributed by atoms with Crippen molar-refractivity contribution in [3.8, 4) is 5.75 Å². The van der Waals surface area contributed by atoms with Gasteiger partial charge in [-0.25, -0.2) is 0 Å². The van der Waals surface area contributed by atoms with Crippen LogP contribution in [0.15, 0.2) is 42.5 Å². The Morgan fingerprint density at radius 2 is 1.96 bits per heavy atom. The summed E-state index contributed by atoms with van der Waals surface area (Å²) in [6.45, 7) is 2.25. The Bertz CT molecular complexity index is 828. The average Bonchev–Trinajstić information content (AvgIpc) is 2.56. The molecule has 2 rings (SSSR count). The van der Waals surface area contributed by atoms with Crippen molar-refractivity contribution in [2.24, 2.45) is 0 Å². The van der Waals surface area contributed by atoms with E-state index in [9.17, 15) is 18.0 Å². The van der Waals surface area contributed by atoms with E-state index in [1.807, 2.05) is 6.92 Å². The van der Waals surface area contributed by atoms with Gasteiger partial charge >= 0.3 is 6.18 Å². The fourth-order valence-corrected chi connectivity index (χ4v) is 2.78. The molecule has 0 radical (unpaired) electrons. The first-order chi connectivity index (χ1) is 12.2. The molecule has 0 aromatic heterocycles. The zero-order chi connectivity index (χ0) is 19.3. The lowest BCUT2D eigenvalue weighted by atomic mass is 10.1. The van der Waals surface area contributed by atoms with Gasteiger partial charge in [-0.05, 0) is 78.1 Å². The quantitative estimate of drug-likeness (QED) is 0.472. The lowest BCUT2D eigenvalue weighted by molar-refractivity contribution is -0.137. The number of ether oxygens (including phenoxy) is 1. The van der Waals surface area contributed by atoms with Crippen molar-refractivity contribution in [2.45, 2.75) is 13.1 Å². The first-order valence-corrected chi connectivity index (χ1v) is 8.91. The molecule has 0 heterocycles. The van der Waals surface area contributed by atoms with Crippen LogP contribution in [-0.2, 0) is 6.18 Å². The summed E-state index contributed by atoms with van der Waals surface area (Å²) in [7, 11) is 0. The van der Waals surface area contributed by atoms with Crippen molar-refractivity contribution in [2.75, 3.05) is 11.9 Å². The molecule has 26 heavy (non-hydrogen) atoms. The van der Waals surface area contributed by atoms with Gasteiger partial charge in [0.25, 0.3) is 5.91 Å². The fourth-order valence-electron chi connectivity index (χ4n) is 2.08. The van der Waals surface area contributed by atoms with E-state index in [-0.39, 0.29) is 16.4 Å². The highest BCUT2D eigenvalue weighted by Crippen LogP contribution is 2.35. The molecular formula is C17H14F3IN2O2S. The van der Waals surface area contributed by atoms with Crippen LogP contribution in [-0.4, -0.2) is 17.6 Å². The molecule has 0 spiro atoms. The third kappa shape index (κ3) is 5.56. The summed E-state index contributed by atoms with van der Waals surface area (Å²) >= 11 is 6.76. The molecule has 0 saturated heterocycles. The summed E-state index contributed by atoms with van der Waals surface area (Å²) in [5.41, 5.74) is -0.815. The monoisotopic (exact) mass is 494 g/mol. The Hall–Kier alpha value is -1.88. The molecule has 2 N–H and O–H groups in total. The molecule has 0 unspecified atom stereocenters. The van der Waals surface area contributed by atoms with Gasteiger partial charge in [0.05, 0.1) is 17.9 Å². The number of alkyl halides is 3. The highest BCUT2D eigenvalue weighted by molar-refractivity contribution is 14.1. The van der Waals surface area contributed by atoms with Crippen molar-refractivity contribution in [3.05, 3.63) is 57.2 Å². The van der Waals surface area contributed by atoms with Gasteiger partial charge in [0.1, 0.15) is 5.75 Å². The normalized spacial score (nSPS) is 11.0. The molecule has 9 heteroatoms. The van der Waals surface area contributed by atoms with Gasteiger partial charge in [0.15, 0.2) is 5.11 Å². The Kier molecular flexibility index (Phi) is 6.81. The third-order valence-corrected chi connectivity index (χ3v) is 4.04. The molecule has 0 atom stereocenters. The summed E-state index contributed by atoms with van der Waals surface area (Å²) < 4.78 is 45.1. The molecular weight excluding hydrogens is 480 g/mol. The minimum absolute atomic E-state index is 0.230. The summed E-state index contributed by atoms with van der Waals surface area (Å²) in [5, 5.41) is 4.56. The Morgan fingerprint density at radius 3 is 2.62 bits per heavy atom. The summed E-state index contributed by atoms with van der Waals surface area (Å²) in [6.07, 6.45) is -4.55. The largest absolute Gasteiger partial charge is 0.494 e. The highest BCUT2D eigenvalue weighted by Gasteiger charge is 2.34. The van der Waals surface area contributed by atoms with Crippen molar-refractivity contribution in [1.29, 1.82) is 0 Å². The van der Waals surface area contributed by atoms with Gasteiger partial charge < -0.3 is 10.1 Å². The highest BCUT2D eigenvalue weighted by atomic mass is 127. The van der Waals surface area contributed by atoms with E-state index in [1.54, 1.807) is 40.8 Å². The topological polar surface area (TPSA) is 50.4 Å². The molecule has 4 nitrogen and oxygen atoms in total. The Morgan fingerprint density at radius 1 is 1.23 bits per heavy atom. The smallest absolute Gasteiger partial charge is 0.418 e. The van der Waals surface area contributed by atoms with Crippen molar-refractivity contribution in [1.82, 2.24) is 5.32 Å². The molecule has 138 valence electrons. The molecule has 0 aliphatic rings. The molecule has 0 bridgehead atoms. The van der Waals surface area contributed by atoms with Gasteiger partial charge in [-0.15, -0.1) is 0 Å². The van der Waals surface area contributed by atoms with Crippen molar-refractivity contribution in [3.63, 3.8) is 0 Å². The SMILES string of the molecule is CCOc1cccc(C(=O)NC(=S)Nc2ccc(I)cc2C(F)(F)F)c1. The van der Waals surface area contributed by atoms with Crippen LogP contribution >= 0.6 is 34.8 Å². The standard InChI is InChI=1S/C17H14F3IN2O2S/c1-2-25-12-5-3-4-10(8-12)15(24)23-16(26)22-14-7-6-11(21)9-13(14)17(18,19)20/h3-9H,2H2,1H3,(H2,22,23,24,26). The molecule has 0 saturated carbocycles. The lowest BCUT2D eigenvalue weighted by Crippen LogP contribution is -2.34. The predicted octanol–water partition coefficient (Wildman–Crippen LogP) is 4.84. The number of rotatable bonds is 4. The van der Waals surface area contributed by atoms with E-state index in [2.05, 4.69) is 10.6 Å². The second kappa shape index (κ2) is 8.67. The Balaban J connectivity index is 2.12. The molecule has 2 aromatic rings. The zero-order valence-electron chi connectivity index (χ0n) is 13.5. The number of amides is 1. The third-order valence-electron chi connectivity index (χ3n) is 3.17. The first kappa shape index (κ1) is 20.4. The van der Waals surface area contributed by atoms with Crippen LogP contribution in [0.2, 0.25) is 0 Å². The number of anilines is 1. The average molecular weight is 494 g/mol. The number of benzene rings is 2. The predicted molar refractivity (Wildman–Crippen MR) is 105 cm³/mol. The van der Waals surface area contributed by atoms with E-state index >= 15 is 0 Å². The molecule has 0 aliphatic carbocycles. The lowest BCUT2D eigenvalue weighted by Gasteiger charge is -2.16. The molecule has 2 aromatic carbocycles. The van der Waals surface area contributed by atoms with Crippen LogP contribution in [0, 0.1) is 3.57 Å². The van der Waals surface area contributed by atoms with Crippen LogP contribution in [0.25, 0.3) is 0 Å². The molecule has 0 fully saturated rings. The van der Waals surface area contributed by atoms with Crippen molar-refractivity contribution < 1.29 is 22.7 Å². The minimum Gasteiger partial charge on any atom is -0.494 e. The van der Waals surface area contributed by atoms with Crippen LogP contribution in [0.5, 0.6) is 5.75 Å². The maximum Gasteiger partial charge on any atom is 0.418 e. The van der Waals surface area contributed by atoms with Crippen LogP contribution in [0.4, 0.5) is 18.9 Å². The van der Waals surface area contributed by atoms with Gasteiger partial charge in [0, 0.05) is 9.13 Å². The van der Waals surface area contributed by atoms with Crippen LogP contribution < -0.4 is 15.4 Å². The second-order valence-electron chi connectivity index (χ2n) is 5.06. The van der Waals surface area contributed by atoms with E-state index in [0.717, 1.165) is 6.07 Å². The number of carbonyl (C=O) groups is 1. The van der Waals surface area contributed by atoms with Gasteiger partial charge in [-0.3, -0.25) is 10.1 Å². The number of halogens is 4. The van der Waals surface area contributed by atoms with E-state index in [0.29, 0.717) is 15.9 Å².